The summed E-state index contributed by atoms with van der Waals surface area (Å²) >= 11 is 0. The number of aryl methyl sites for hydroxylation is 1. The maximum Gasteiger partial charge on any atom is 0.231 e. The van der Waals surface area contributed by atoms with Crippen LogP contribution in [0.3, 0.4) is 0 Å². The van der Waals surface area contributed by atoms with Crippen LogP contribution < -0.4 is 11.1 Å². The second kappa shape index (κ2) is 7.31. The quantitative estimate of drug-likeness (QED) is 0.813. The normalized spacial score (nSPS) is 21.3. The molecule has 1 aliphatic carbocycles. The molecule has 0 aromatic heterocycles. The van der Waals surface area contributed by atoms with Crippen molar-refractivity contribution in [3.63, 3.8) is 0 Å². The zero-order valence-corrected chi connectivity index (χ0v) is 15.3. The molecular formula is C22H25FN2O2. The van der Waals surface area contributed by atoms with Gasteiger partial charge in [0.2, 0.25) is 5.91 Å². The Labute approximate surface area is 158 Å². The molecule has 1 fully saturated rings. The molecule has 0 saturated carbocycles. The van der Waals surface area contributed by atoms with Gasteiger partial charge < -0.3 is 15.8 Å². The van der Waals surface area contributed by atoms with Crippen molar-refractivity contribution in [1.82, 2.24) is 5.32 Å². The Balaban J connectivity index is 1.63. The van der Waals surface area contributed by atoms with Crippen LogP contribution in [0.4, 0.5) is 10.1 Å². The highest BCUT2D eigenvalue weighted by atomic mass is 19.1. The van der Waals surface area contributed by atoms with Crippen LogP contribution in [0, 0.1) is 5.82 Å². The SMILES string of the molecule is Nc1ccc2c(c1)CCCC2NC(=O)C1(c2ccc(F)cc2)CCOCC1. The zero-order chi connectivity index (χ0) is 18.9. The number of amides is 1. The predicted octanol–water partition coefficient (Wildman–Crippen LogP) is 3.65. The third kappa shape index (κ3) is 3.44. The van der Waals surface area contributed by atoms with Crippen LogP contribution in [-0.2, 0) is 21.4 Å². The number of benzene rings is 2. The number of ether oxygens (including phenoxy) is 1. The number of nitrogens with one attached hydrogen (secondary N) is 1. The van der Waals surface area contributed by atoms with Crippen LogP contribution in [-0.4, -0.2) is 19.1 Å². The fraction of sp³-hybridized carbons (Fsp3) is 0.409. The van der Waals surface area contributed by atoms with Gasteiger partial charge in [-0.25, -0.2) is 4.39 Å². The number of nitrogens with two attached hydrogens (primary N) is 1. The highest BCUT2D eigenvalue weighted by Gasteiger charge is 2.42. The summed E-state index contributed by atoms with van der Waals surface area (Å²) in [5.41, 5.74) is 9.24. The van der Waals surface area contributed by atoms with E-state index in [1.54, 1.807) is 12.1 Å². The summed E-state index contributed by atoms with van der Waals surface area (Å²) in [6.45, 7) is 1.06. The molecule has 1 unspecified atom stereocenters. The monoisotopic (exact) mass is 368 g/mol. The van der Waals surface area contributed by atoms with Gasteiger partial charge in [-0.05, 0) is 73.1 Å². The van der Waals surface area contributed by atoms with Gasteiger partial charge in [-0.15, -0.1) is 0 Å². The number of anilines is 1. The summed E-state index contributed by atoms with van der Waals surface area (Å²) in [5, 5.41) is 3.29. The average molecular weight is 368 g/mol. The molecule has 1 saturated heterocycles. The fourth-order valence-electron chi connectivity index (χ4n) is 4.42. The molecule has 1 heterocycles. The fourth-order valence-corrected chi connectivity index (χ4v) is 4.42. The molecule has 2 aromatic rings. The second-order valence-corrected chi connectivity index (χ2v) is 7.58. The van der Waals surface area contributed by atoms with Crippen LogP contribution in [0.25, 0.3) is 0 Å². The molecule has 5 heteroatoms. The summed E-state index contributed by atoms with van der Waals surface area (Å²) in [6.07, 6.45) is 4.13. The summed E-state index contributed by atoms with van der Waals surface area (Å²) in [4.78, 5) is 13.5. The van der Waals surface area contributed by atoms with E-state index in [-0.39, 0.29) is 17.8 Å². The Morgan fingerprint density at radius 3 is 2.63 bits per heavy atom. The molecule has 4 rings (SSSR count). The first-order valence-corrected chi connectivity index (χ1v) is 9.61. The van der Waals surface area contributed by atoms with Gasteiger partial charge in [-0.1, -0.05) is 18.2 Å². The average Bonchev–Trinajstić information content (AvgIpc) is 2.69. The Bertz CT molecular complexity index is 829. The van der Waals surface area contributed by atoms with Crippen molar-refractivity contribution < 1.29 is 13.9 Å². The Kier molecular flexibility index (Phi) is 4.87. The molecule has 142 valence electrons. The van der Waals surface area contributed by atoms with Gasteiger partial charge >= 0.3 is 0 Å². The smallest absolute Gasteiger partial charge is 0.231 e. The molecule has 0 spiro atoms. The van der Waals surface area contributed by atoms with Crippen LogP contribution in [0.1, 0.15) is 48.4 Å². The first kappa shape index (κ1) is 18.0. The van der Waals surface area contributed by atoms with E-state index in [2.05, 4.69) is 5.32 Å². The van der Waals surface area contributed by atoms with Gasteiger partial charge in [0, 0.05) is 18.9 Å². The van der Waals surface area contributed by atoms with E-state index in [9.17, 15) is 9.18 Å². The minimum absolute atomic E-state index is 0.00656. The zero-order valence-electron chi connectivity index (χ0n) is 15.3. The lowest BCUT2D eigenvalue weighted by atomic mass is 9.73. The van der Waals surface area contributed by atoms with Crippen LogP contribution in [0.15, 0.2) is 42.5 Å². The summed E-state index contributed by atoms with van der Waals surface area (Å²) in [5.74, 6) is -0.285. The molecule has 1 atom stereocenters. The van der Waals surface area contributed by atoms with Crippen molar-refractivity contribution in [3.05, 3.63) is 65.0 Å². The third-order valence-electron chi connectivity index (χ3n) is 5.96. The van der Waals surface area contributed by atoms with Gasteiger partial charge in [0.15, 0.2) is 0 Å². The van der Waals surface area contributed by atoms with Crippen LogP contribution in [0.5, 0.6) is 0 Å². The molecule has 1 amide bonds. The number of fused-ring (bicyclic) bond motifs is 1. The van der Waals surface area contributed by atoms with Crippen LogP contribution >= 0.6 is 0 Å². The van der Waals surface area contributed by atoms with Crippen molar-refractivity contribution >= 4 is 11.6 Å². The number of halogens is 1. The predicted molar refractivity (Wildman–Crippen MR) is 103 cm³/mol. The number of carbonyl (C=O) groups is 1. The van der Waals surface area contributed by atoms with E-state index in [0.717, 1.165) is 36.1 Å². The first-order valence-electron chi connectivity index (χ1n) is 9.61. The van der Waals surface area contributed by atoms with E-state index >= 15 is 0 Å². The van der Waals surface area contributed by atoms with Crippen molar-refractivity contribution in [2.24, 2.45) is 0 Å². The lowest BCUT2D eigenvalue weighted by molar-refractivity contribution is -0.131. The van der Waals surface area contributed by atoms with Crippen molar-refractivity contribution in [2.75, 3.05) is 18.9 Å². The number of rotatable bonds is 3. The minimum Gasteiger partial charge on any atom is -0.399 e. The van der Waals surface area contributed by atoms with E-state index in [1.165, 1.54) is 17.7 Å². The number of nitrogen functional groups attached to an aromatic ring is 1. The highest BCUT2D eigenvalue weighted by molar-refractivity contribution is 5.88. The van der Waals surface area contributed by atoms with Crippen molar-refractivity contribution in [3.8, 4) is 0 Å². The second-order valence-electron chi connectivity index (χ2n) is 7.58. The molecule has 0 bridgehead atoms. The molecule has 1 aliphatic heterocycles. The third-order valence-corrected chi connectivity index (χ3v) is 5.96. The summed E-state index contributed by atoms with van der Waals surface area (Å²) < 4.78 is 18.9. The molecule has 2 aromatic carbocycles. The molecule has 3 N–H and O–H groups in total. The Morgan fingerprint density at radius 1 is 1.15 bits per heavy atom. The summed E-state index contributed by atoms with van der Waals surface area (Å²) in [6, 6.07) is 12.2. The van der Waals surface area contributed by atoms with Gasteiger partial charge in [0.05, 0.1) is 11.5 Å². The van der Waals surface area contributed by atoms with E-state index in [1.807, 2.05) is 18.2 Å². The topological polar surface area (TPSA) is 64.3 Å². The summed E-state index contributed by atoms with van der Waals surface area (Å²) in [7, 11) is 0. The maximum atomic E-state index is 13.5. The Morgan fingerprint density at radius 2 is 1.89 bits per heavy atom. The lowest BCUT2D eigenvalue weighted by Gasteiger charge is -2.38. The first-order chi connectivity index (χ1) is 13.1. The van der Waals surface area contributed by atoms with Gasteiger partial charge in [-0.3, -0.25) is 4.79 Å². The largest absolute Gasteiger partial charge is 0.399 e. The van der Waals surface area contributed by atoms with E-state index < -0.39 is 5.41 Å². The standard InChI is InChI=1S/C22H25FN2O2/c23-17-6-4-16(5-7-17)22(10-12-27-13-11-22)21(26)25-20-3-1-2-15-14-18(24)8-9-19(15)20/h4-9,14,20H,1-3,10-13,24H2,(H,25,26). The molecule has 0 radical (unpaired) electrons. The van der Waals surface area contributed by atoms with Crippen molar-refractivity contribution in [1.29, 1.82) is 0 Å². The Hall–Kier alpha value is -2.40. The molecule has 2 aliphatic rings. The lowest BCUT2D eigenvalue weighted by Crippen LogP contribution is -2.49. The molecule has 4 nitrogen and oxygen atoms in total. The molecule has 27 heavy (non-hydrogen) atoms. The van der Waals surface area contributed by atoms with Gasteiger partial charge in [-0.2, -0.15) is 0 Å². The number of carbonyl (C=O) groups excluding carboxylic acids is 1. The van der Waals surface area contributed by atoms with E-state index in [0.29, 0.717) is 26.1 Å². The van der Waals surface area contributed by atoms with Gasteiger partial charge in [0.25, 0.3) is 0 Å². The number of hydrogen-bond acceptors (Lipinski definition) is 3. The molecular weight excluding hydrogens is 343 g/mol. The highest BCUT2D eigenvalue weighted by Crippen LogP contribution is 2.38. The number of hydrogen-bond donors (Lipinski definition) is 2. The van der Waals surface area contributed by atoms with E-state index in [4.69, 9.17) is 10.5 Å². The minimum atomic E-state index is -0.669. The maximum absolute atomic E-state index is 13.5. The van der Waals surface area contributed by atoms with Crippen LogP contribution in [0.2, 0.25) is 0 Å². The van der Waals surface area contributed by atoms with Crippen molar-refractivity contribution in [2.45, 2.75) is 43.6 Å². The van der Waals surface area contributed by atoms with Gasteiger partial charge in [0.1, 0.15) is 5.82 Å².